The van der Waals surface area contributed by atoms with E-state index in [1.165, 1.54) is 6.07 Å². The van der Waals surface area contributed by atoms with Crippen molar-refractivity contribution < 1.29 is 14.2 Å². The number of phenolic OH excluding ortho intramolecular Hbond substituents is 1. The first-order valence-corrected chi connectivity index (χ1v) is 7.53. The van der Waals surface area contributed by atoms with E-state index in [0.717, 1.165) is 5.56 Å². The number of nitrogens with two attached hydrogens (primary N) is 1. The zero-order chi connectivity index (χ0) is 16.1. The van der Waals surface area contributed by atoms with Gasteiger partial charge in [-0.05, 0) is 49.2 Å². The van der Waals surface area contributed by atoms with Crippen molar-refractivity contribution in [2.75, 3.05) is 13.2 Å². The molecule has 0 aliphatic heterocycles. The van der Waals surface area contributed by atoms with Crippen LogP contribution in [-0.4, -0.2) is 18.3 Å². The van der Waals surface area contributed by atoms with Gasteiger partial charge in [0.2, 0.25) is 0 Å². The topological polar surface area (TPSA) is 55.5 Å². The van der Waals surface area contributed by atoms with Crippen molar-refractivity contribution >= 4 is 11.6 Å². The van der Waals surface area contributed by atoms with Gasteiger partial charge in [-0.25, -0.2) is 4.39 Å². The minimum absolute atomic E-state index is 0.0811. The first-order valence-electron chi connectivity index (χ1n) is 7.15. The van der Waals surface area contributed by atoms with E-state index in [0.29, 0.717) is 30.9 Å². The van der Waals surface area contributed by atoms with Gasteiger partial charge in [-0.15, -0.1) is 0 Å². The normalized spacial score (nSPS) is 12.2. The van der Waals surface area contributed by atoms with E-state index in [1.54, 1.807) is 30.3 Å². The van der Waals surface area contributed by atoms with Crippen molar-refractivity contribution in [3.8, 4) is 11.5 Å². The Morgan fingerprint density at radius 3 is 2.68 bits per heavy atom. The molecule has 5 heteroatoms. The largest absolute Gasteiger partial charge is 0.503 e. The number of rotatable bonds is 6. The summed E-state index contributed by atoms with van der Waals surface area (Å²) in [6, 6.07) is 9.97. The van der Waals surface area contributed by atoms with Crippen LogP contribution in [0.5, 0.6) is 11.5 Å². The molecule has 2 rings (SSSR count). The maximum Gasteiger partial charge on any atom is 0.176 e. The molecule has 0 aliphatic rings. The molecule has 3 nitrogen and oxygen atoms in total. The summed E-state index contributed by atoms with van der Waals surface area (Å²) < 4.78 is 19.3. The van der Waals surface area contributed by atoms with Gasteiger partial charge in [0, 0.05) is 5.92 Å². The van der Waals surface area contributed by atoms with Crippen LogP contribution in [0.1, 0.15) is 24.0 Å². The maximum absolute atomic E-state index is 13.9. The third-order valence-corrected chi connectivity index (χ3v) is 3.79. The summed E-state index contributed by atoms with van der Waals surface area (Å²) in [5.41, 5.74) is 7.22. The maximum atomic E-state index is 13.9. The third kappa shape index (κ3) is 3.70. The van der Waals surface area contributed by atoms with E-state index >= 15 is 0 Å². The fourth-order valence-electron chi connectivity index (χ4n) is 2.42. The number of hydrogen-bond acceptors (Lipinski definition) is 3. The Labute approximate surface area is 134 Å². The molecule has 0 fully saturated rings. The first kappa shape index (κ1) is 16.6. The van der Waals surface area contributed by atoms with E-state index in [2.05, 4.69) is 0 Å². The summed E-state index contributed by atoms with van der Waals surface area (Å²) in [6.07, 6.45) is 0.511. The van der Waals surface area contributed by atoms with E-state index in [1.807, 2.05) is 6.92 Å². The van der Waals surface area contributed by atoms with Gasteiger partial charge in [0.15, 0.2) is 11.5 Å². The molecule has 0 saturated carbocycles. The number of halogens is 2. The predicted octanol–water partition coefficient (Wildman–Crippen LogP) is 3.87. The average Bonchev–Trinajstić information content (AvgIpc) is 2.51. The van der Waals surface area contributed by atoms with Crippen LogP contribution in [0.25, 0.3) is 0 Å². The van der Waals surface area contributed by atoms with Gasteiger partial charge in [-0.3, -0.25) is 0 Å². The van der Waals surface area contributed by atoms with Gasteiger partial charge < -0.3 is 15.6 Å². The van der Waals surface area contributed by atoms with Crippen LogP contribution < -0.4 is 10.5 Å². The highest BCUT2D eigenvalue weighted by molar-refractivity contribution is 6.32. The molecule has 2 aromatic rings. The quantitative estimate of drug-likeness (QED) is 0.848. The molecular formula is C17H19ClFNO2. The lowest BCUT2D eigenvalue weighted by molar-refractivity contribution is 0.318. The molecule has 1 unspecified atom stereocenters. The molecule has 1 atom stereocenters. The van der Waals surface area contributed by atoms with Gasteiger partial charge >= 0.3 is 0 Å². The highest BCUT2D eigenvalue weighted by atomic mass is 35.5. The number of phenols is 1. The average molecular weight is 324 g/mol. The number of hydrogen-bond donors (Lipinski definition) is 2. The van der Waals surface area contributed by atoms with Crippen LogP contribution in [0.2, 0.25) is 5.02 Å². The Kier molecular flexibility index (Phi) is 5.63. The molecule has 0 radical (unpaired) electrons. The molecule has 2 aromatic carbocycles. The standard InChI is InChI=1S/C17H19ClFNO2/c1-2-22-16-9-11(8-14(18)17(16)21)7-12(10-20)13-5-3-4-6-15(13)19/h3-6,8-9,12,21H,2,7,10,20H2,1H3. The Morgan fingerprint density at radius 2 is 2.05 bits per heavy atom. The van der Waals surface area contributed by atoms with Crippen molar-refractivity contribution in [2.24, 2.45) is 5.73 Å². The second-order valence-corrected chi connectivity index (χ2v) is 5.42. The summed E-state index contributed by atoms with van der Waals surface area (Å²) in [5.74, 6) is -0.194. The molecule has 22 heavy (non-hydrogen) atoms. The van der Waals surface area contributed by atoms with Crippen molar-refractivity contribution in [1.29, 1.82) is 0 Å². The third-order valence-electron chi connectivity index (χ3n) is 3.50. The summed E-state index contributed by atoms with van der Waals surface area (Å²) in [5, 5.41) is 10.1. The summed E-state index contributed by atoms with van der Waals surface area (Å²) in [7, 11) is 0. The second-order valence-electron chi connectivity index (χ2n) is 5.02. The predicted molar refractivity (Wildman–Crippen MR) is 86.2 cm³/mol. The highest BCUT2D eigenvalue weighted by Gasteiger charge is 2.17. The van der Waals surface area contributed by atoms with Crippen molar-refractivity contribution in [2.45, 2.75) is 19.3 Å². The zero-order valence-corrected chi connectivity index (χ0v) is 13.1. The SMILES string of the molecule is CCOc1cc(CC(CN)c2ccccc2F)cc(Cl)c1O. The molecule has 0 heterocycles. The van der Waals surface area contributed by atoms with Crippen LogP contribution in [-0.2, 0) is 6.42 Å². The second kappa shape index (κ2) is 7.47. The Bertz CT molecular complexity index is 649. The molecular weight excluding hydrogens is 305 g/mol. The van der Waals surface area contributed by atoms with Crippen molar-refractivity contribution in [3.05, 3.63) is 58.4 Å². The van der Waals surface area contributed by atoms with Crippen LogP contribution >= 0.6 is 11.6 Å². The van der Waals surface area contributed by atoms with Gasteiger partial charge in [-0.2, -0.15) is 0 Å². The zero-order valence-electron chi connectivity index (χ0n) is 12.4. The fraction of sp³-hybridized carbons (Fsp3) is 0.294. The van der Waals surface area contributed by atoms with Gasteiger partial charge in [0.25, 0.3) is 0 Å². The number of benzene rings is 2. The van der Waals surface area contributed by atoms with Crippen LogP contribution in [0.3, 0.4) is 0 Å². The molecule has 0 aromatic heterocycles. The Hall–Kier alpha value is -1.78. The molecule has 118 valence electrons. The number of aromatic hydroxyl groups is 1. The highest BCUT2D eigenvalue weighted by Crippen LogP contribution is 2.36. The lowest BCUT2D eigenvalue weighted by Gasteiger charge is -2.17. The minimum Gasteiger partial charge on any atom is -0.503 e. The van der Waals surface area contributed by atoms with Crippen LogP contribution in [0.4, 0.5) is 4.39 Å². The van der Waals surface area contributed by atoms with Crippen LogP contribution in [0, 0.1) is 5.82 Å². The molecule has 0 saturated heterocycles. The summed E-state index contributed by atoms with van der Waals surface area (Å²) in [4.78, 5) is 0. The Balaban J connectivity index is 2.30. The van der Waals surface area contributed by atoms with Crippen molar-refractivity contribution in [1.82, 2.24) is 0 Å². The van der Waals surface area contributed by atoms with E-state index in [-0.39, 0.29) is 22.5 Å². The van der Waals surface area contributed by atoms with Crippen molar-refractivity contribution in [3.63, 3.8) is 0 Å². The summed E-state index contributed by atoms with van der Waals surface area (Å²) in [6.45, 7) is 2.55. The van der Waals surface area contributed by atoms with Gasteiger partial charge in [-0.1, -0.05) is 29.8 Å². The lowest BCUT2D eigenvalue weighted by Crippen LogP contribution is -2.16. The smallest absolute Gasteiger partial charge is 0.176 e. The summed E-state index contributed by atoms with van der Waals surface area (Å²) >= 11 is 6.02. The van der Waals surface area contributed by atoms with E-state index in [9.17, 15) is 9.50 Å². The van der Waals surface area contributed by atoms with Gasteiger partial charge in [0.1, 0.15) is 5.82 Å². The monoisotopic (exact) mass is 323 g/mol. The lowest BCUT2D eigenvalue weighted by atomic mass is 9.91. The minimum atomic E-state index is -0.271. The van der Waals surface area contributed by atoms with Gasteiger partial charge in [0.05, 0.1) is 11.6 Å². The number of ether oxygens (including phenoxy) is 1. The van der Waals surface area contributed by atoms with Crippen LogP contribution in [0.15, 0.2) is 36.4 Å². The first-order chi connectivity index (χ1) is 10.6. The molecule has 0 aliphatic carbocycles. The van der Waals surface area contributed by atoms with E-state index in [4.69, 9.17) is 22.1 Å². The Morgan fingerprint density at radius 1 is 1.32 bits per heavy atom. The molecule has 0 bridgehead atoms. The fourth-order valence-corrected chi connectivity index (χ4v) is 2.65. The van der Waals surface area contributed by atoms with E-state index < -0.39 is 0 Å². The molecule has 0 amide bonds. The molecule has 3 N–H and O–H groups in total. The molecule has 0 spiro atoms.